The van der Waals surface area contributed by atoms with E-state index in [0.29, 0.717) is 15.9 Å². The summed E-state index contributed by atoms with van der Waals surface area (Å²) in [4.78, 5) is 4.52. The minimum Gasteiger partial charge on any atom is -0.505 e. The minimum atomic E-state index is -3.60. The Bertz CT molecular complexity index is 1190. The lowest BCUT2D eigenvalue weighted by Crippen LogP contribution is -2.30. The van der Waals surface area contributed by atoms with Gasteiger partial charge in [0.25, 0.3) is 0 Å². The van der Waals surface area contributed by atoms with Gasteiger partial charge in [-0.15, -0.1) is 0 Å². The molecule has 1 unspecified atom stereocenters. The number of hydrogen-bond donors (Lipinski definition) is 2. The van der Waals surface area contributed by atoms with E-state index in [4.69, 9.17) is 23.2 Å². The van der Waals surface area contributed by atoms with Crippen molar-refractivity contribution in [1.82, 2.24) is 4.98 Å². The number of hydrogen-bond acceptors (Lipinski definition) is 5. The number of pyridine rings is 1. The smallest absolute Gasteiger partial charge is 0.229 e. The fourth-order valence-electron chi connectivity index (χ4n) is 3.00. The standard InChI is InChI=1S/C17H16Cl2N2O4S3/c1-17(2)9-5-4-8-20-14(9)15(22)16(27(17)26-23)12-10(18)6-7-11(13(12)19)21-28(3,24)25/h4-8,21-22H,1-3H3. The number of aromatic nitrogens is 1. The van der Waals surface area contributed by atoms with Gasteiger partial charge in [0.1, 0.15) is 15.9 Å². The fraction of sp³-hybridized carbons (Fsp3) is 0.235. The van der Waals surface area contributed by atoms with Crippen molar-refractivity contribution in [3.63, 3.8) is 0 Å². The zero-order chi connectivity index (χ0) is 20.9. The van der Waals surface area contributed by atoms with Gasteiger partial charge in [-0.2, -0.15) is 0 Å². The van der Waals surface area contributed by atoms with Crippen molar-refractivity contribution in [1.29, 1.82) is 0 Å². The van der Waals surface area contributed by atoms with E-state index in [1.807, 2.05) is 19.9 Å². The molecule has 0 amide bonds. The third-order valence-corrected chi connectivity index (χ3v) is 9.73. The summed E-state index contributed by atoms with van der Waals surface area (Å²) in [5.74, 6) is -0.193. The highest BCUT2D eigenvalue weighted by atomic mass is 35.5. The summed E-state index contributed by atoms with van der Waals surface area (Å²) in [6.07, 6.45) is 2.54. The molecule has 1 aliphatic heterocycles. The molecule has 150 valence electrons. The lowest BCUT2D eigenvalue weighted by Gasteiger charge is -2.35. The molecule has 2 N–H and O–H groups in total. The molecule has 3 rings (SSSR count). The SMILES string of the molecule is CC1(C)c2cccnc2C(O)=C(c2c(Cl)ccc(NS(C)(=O)=O)c2Cl)S1=S=O. The lowest BCUT2D eigenvalue weighted by molar-refractivity contribution is 0.507. The molecular weight excluding hydrogens is 463 g/mol. The summed E-state index contributed by atoms with van der Waals surface area (Å²) < 4.78 is 37.1. The van der Waals surface area contributed by atoms with Gasteiger partial charge in [-0.3, -0.25) is 9.71 Å². The van der Waals surface area contributed by atoms with Crippen LogP contribution in [0.4, 0.5) is 5.69 Å². The van der Waals surface area contributed by atoms with Crippen LogP contribution in [0.5, 0.6) is 0 Å². The largest absolute Gasteiger partial charge is 0.505 e. The molecule has 1 aliphatic rings. The van der Waals surface area contributed by atoms with Crippen LogP contribution in [0.2, 0.25) is 10.0 Å². The first-order valence-electron chi connectivity index (χ1n) is 7.89. The average Bonchev–Trinajstić information content (AvgIpc) is 2.61. The molecule has 1 aromatic carbocycles. The molecule has 0 aliphatic carbocycles. The predicted octanol–water partition coefficient (Wildman–Crippen LogP) is 4.14. The number of nitrogens with zero attached hydrogens (tertiary/aromatic N) is 1. The van der Waals surface area contributed by atoms with Gasteiger partial charge in [0.2, 0.25) is 10.0 Å². The molecule has 0 spiro atoms. The van der Waals surface area contributed by atoms with E-state index in [0.717, 1.165) is 11.8 Å². The van der Waals surface area contributed by atoms with Gasteiger partial charge < -0.3 is 5.11 Å². The molecule has 2 heterocycles. The van der Waals surface area contributed by atoms with Gasteiger partial charge in [-0.1, -0.05) is 29.3 Å². The van der Waals surface area contributed by atoms with E-state index in [2.05, 4.69) is 9.71 Å². The van der Waals surface area contributed by atoms with Crippen molar-refractivity contribution in [3.05, 3.63) is 57.3 Å². The maximum absolute atomic E-state index is 12.1. The van der Waals surface area contributed by atoms with Gasteiger partial charge >= 0.3 is 0 Å². The first-order chi connectivity index (χ1) is 13.0. The van der Waals surface area contributed by atoms with Crippen molar-refractivity contribution < 1.29 is 17.7 Å². The Kier molecular flexibility index (Phi) is 5.68. The van der Waals surface area contributed by atoms with Crippen LogP contribution in [0.25, 0.3) is 10.7 Å². The second kappa shape index (κ2) is 7.46. The Morgan fingerprint density at radius 3 is 2.54 bits per heavy atom. The van der Waals surface area contributed by atoms with Crippen LogP contribution in [0.1, 0.15) is 30.7 Å². The minimum absolute atomic E-state index is 0.00112. The van der Waals surface area contributed by atoms with Crippen molar-refractivity contribution in [2.45, 2.75) is 18.6 Å². The molecule has 0 bridgehead atoms. The number of aliphatic hydroxyl groups is 1. The molecule has 1 aromatic heterocycles. The van der Waals surface area contributed by atoms with Crippen LogP contribution in [0.3, 0.4) is 0 Å². The molecule has 0 saturated carbocycles. The fourth-order valence-corrected chi connectivity index (χ4v) is 7.60. The number of fused-ring (bicyclic) bond motifs is 1. The quantitative estimate of drug-likeness (QED) is 0.690. The van der Waals surface area contributed by atoms with Crippen LogP contribution in [-0.2, 0) is 34.5 Å². The molecule has 0 radical (unpaired) electrons. The Labute approximate surface area is 178 Å². The topological polar surface area (TPSA) is 96.4 Å². The molecular formula is C17H16Cl2N2O4S3. The summed E-state index contributed by atoms with van der Waals surface area (Å²) in [5, 5.41) is 11.2. The Balaban J connectivity index is 2.40. The first kappa shape index (κ1) is 21.3. The van der Waals surface area contributed by atoms with Crippen molar-refractivity contribution in [2.75, 3.05) is 11.0 Å². The summed E-state index contributed by atoms with van der Waals surface area (Å²) in [5.41, 5.74) is 1.40. The number of aliphatic hydroxyl groups excluding tert-OH is 1. The Morgan fingerprint density at radius 1 is 1.25 bits per heavy atom. The number of nitrogens with one attached hydrogen (secondary N) is 1. The number of rotatable bonds is 3. The van der Waals surface area contributed by atoms with Crippen molar-refractivity contribution in [2.24, 2.45) is 0 Å². The molecule has 0 fully saturated rings. The average molecular weight is 479 g/mol. The van der Waals surface area contributed by atoms with Gasteiger partial charge in [-0.25, -0.2) is 12.6 Å². The molecule has 2 aromatic rings. The molecule has 1 atom stereocenters. The van der Waals surface area contributed by atoms with Gasteiger partial charge in [0.05, 0.1) is 26.9 Å². The predicted molar refractivity (Wildman–Crippen MR) is 117 cm³/mol. The number of halogens is 2. The normalized spacial score (nSPS) is 18.5. The second-order valence-electron chi connectivity index (χ2n) is 6.58. The molecule has 0 saturated heterocycles. The molecule has 11 heteroatoms. The van der Waals surface area contributed by atoms with Gasteiger partial charge in [0, 0.05) is 16.5 Å². The van der Waals surface area contributed by atoms with E-state index >= 15 is 0 Å². The lowest BCUT2D eigenvalue weighted by atomic mass is 9.98. The monoisotopic (exact) mass is 478 g/mol. The van der Waals surface area contributed by atoms with E-state index in [1.165, 1.54) is 12.1 Å². The number of sulfonamides is 1. The third-order valence-electron chi connectivity index (χ3n) is 4.23. The zero-order valence-electron chi connectivity index (χ0n) is 15.0. The second-order valence-corrected chi connectivity index (χ2v) is 12.6. The maximum Gasteiger partial charge on any atom is 0.229 e. The first-order valence-corrected chi connectivity index (χ1v) is 13.0. The highest BCUT2D eigenvalue weighted by Gasteiger charge is 2.40. The summed E-state index contributed by atoms with van der Waals surface area (Å²) in [6.45, 7) is 3.77. The molecule has 6 nitrogen and oxygen atoms in total. The van der Waals surface area contributed by atoms with E-state index in [9.17, 15) is 17.7 Å². The van der Waals surface area contributed by atoms with E-state index < -0.39 is 24.2 Å². The van der Waals surface area contributed by atoms with Gasteiger partial charge in [0.15, 0.2) is 5.76 Å². The van der Waals surface area contributed by atoms with Crippen LogP contribution in [-0.4, -0.2) is 29.0 Å². The third kappa shape index (κ3) is 3.61. The van der Waals surface area contributed by atoms with Crippen LogP contribution in [0, 0.1) is 0 Å². The van der Waals surface area contributed by atoms with Crippen LogP contribution < -0.4 is 4.72 Å². The summed E-state index contributed by atoms with van der Waals surface area (Å²) in [7, 11) is -4.35. The van der Waals surface area contributed by atoms with Crippen molar-refractivity contribution >= 4 is 69.3 Å². The van der Waals surface area contributed by atoms with E-state index in [-0.39, 0.29) is 32.0 Å². The van der Waals surface area contributed by atoms with Crippen molar-refractivity contribution in [3.8, 4) is 0 Å². The summed E-state index contributed by atoms with van der Waals surface area (Å²) in [6, 6.07) is 6.45. The maximum atomic E-state index is 12.1. The van der Waals surface area contributed by atoms with E-state index in [1.54, 1.807) is 12.3 Å². The molecule has 28 heavy (non-hydrogen) atoms. The number of anilines is 1. The zero-order valence-corrected chi connectivity index (χ0v) is 18.9. The summed E-state index contributed by atoms with van der Waals surface area (Å²) >= 11 is 12.9. The highest BCUT2D eigenvalue weighted by molar-refractivity contribution is 8.36. The van der Waals surface area contributed by atoms with Crippen LogP contribution >= 0.6 is 23.2 Å². The highest BCUT2D eigenvalue weighted by Crippen LogP contribution is 2.49. The van der Waals surface area contributed by atoms with Crippen LogP contribution in [0.15, 0.2) is 30.5 Å². The Hall–Kier alpha value is -1.39. The van der Waals surface area contributed by atoms with Gasteiger partial charge in [-0.05, 0) is 47.1 Å². The number of benzene rings is 1. The Morgan fingerprint density at radius 2 is 1.93 bits per heavy atom.